The molecule has 0 saturated carbocycles. The number of hydrogen-bond donors (Lipinski definition) is 2. The molecule has 5 nitrogen and oxygen atoms in total. The lowest BCUT2D eigenvalue weighted by Crippen LogP contribution is -2.60. The van der Waals surface area contributed by atoms with Crippen molar-refractivity contribution in [3.05, 3.63) is 30.1 Å². The molecule has 0 spiro atoms. The summed E-state index contributed by atoms with van der Waals surface area (Å²) in [5, 5.41) is 9.31. The minimum Gasteiger partial charge on any atom is -0.395 e. The van der Waals surface area contributed by atoms with Crippen molar-refractivity contribution in [3.8, 4) is 0 Å². The Balaban J connectivity index is 2.07. The molecule has 0 aliphatic carbocycles. The van der Waals surface area contributed by atoms with Crippen molar-refractivity contribution in [2.24, 2.45) is 12.8 Å². The second-order valence-corrected chi connectivity index (χ2v) is 5.00. The van der Waals surface area contributed by atoms with Gasteiger partial charge in [0.1, 0.15) is 0 Å². The molecule has 1 aromatic heterocycles. The number of aromatic nitrogens is 2. The van der Waals surface area contributed by atoms with Crippen molar-refractivity contribution in [3.63, 3.8) is 0 Å². The number of benzene rings is 1. The smallest absolute Gasteiger partial charge is 0.0955 e. The predicted octanol–water partition coefficient (Wildman–Crippen LogP) is 0.161. The van der Waals surface area contributed by atoms with Crippen LogP contribution in [-0.2, 0) is 17.2 Å². The zero-order chi connectivity index (χ0) is 12.8. The summed E-state index contributed by atoms with van der Waals surface area (Å²) >= 11 is 0. The van der Waals surface area contributed by atoms with Crippen LogP contribution in [0.15, 0.2) is 24.5 Å². The standard InChI is InChI=1S/C13H17N3O2/c1-16-8-15-10-4-9(2-3-11(10)16)13(6-18-7-13)12(14)5-17/h2-4,8,12,17H,5-7,14H2,1H3. The minimum atomic E-state index is -0.299. The van der Waals surface area contributed by atoms with Gasteiger partial charge in [-0.05, 0) is 17.7 Å². The molecule has 3 rings (SSSR count). The van der Waals surface area contributed by atoms with Crippen molar-refractivity contribution >= 4 is 11.0 Å². The summed E-state index contributed by atoms with van der Waals surface area (Å²) in [5.41, 5.74) is 8.91. The Hall–Kier alpha value is -1.43. The first-order chi connectivity index (χ1) is 8.67. The zero-order valence-electron chi connectivity index (χ0n) is 10.3. The van der Waals surface area contributed by atoms with E-state index < -0.39 is 0 Å². The molecule has 2 aromatic rings. The van der Waals surface area contributed by atoms with Crippen molar-refractivity contribution in [1.82, 2.24) is 9.55 Å². The van der Waals surface area contributed by atoms with E-state index in [1.165, 1.54) is 0 Å². The summed E-state index contributed by atoms with van der Waals surface area (Å²) in [6, 6.07) is 5.85. The third-order valence-corrected chi connectivity index (χ3v) is 3.93. The molecule has 1 aliphatic rings. The monoisotopic (exact) mass is 247 g/mol. The van der Waals surface area contributed by atoms with Gasteiger partial charge in [0.05, 0.1) is 42.6 Å². The number of fused-ring (bicyclic) bond motifs is 1. The van der Waals surface area contributed by atoms with Crippen molar-refractivity contribution in [1.29, 1.82) is 0 Å². The van der Waals surface area contributed by atoms with E-state index in [4.69, 9.17) is 10.5 Å². The SMILES string of the molecule is Cn1cnc2cc(C3(C(N)CO)COC3)ccc21. The number of aryl methyl sites for hydroxylation is 1. The highest BCUT2D eigenvalue weighted by Crippen LogP contribution is 2.36. The number of hydrogen-bond acceptors (Lipinski definition) is 4. The highest BCUT2D eigenvalue weighted by atomic mass is 16.5. The third kappa shape index (κ3) is 1.48. The number of nitrogens with zero attached hydrogens (tertiary/aromatic N) is 2. The van der Waals surface area contributed by atoms with Crippen LogP contribution in [0.2, 0.25) is 0 Å². The van der Waals surface area contributed by atoms with Crippen molar-refractivity contribution in [2.45, 2.75) is 11.5 Å². The Morgan fingerprint density at radius 3 is 2.94 bits per heavy atom. The average Bonchev–Trinajstić information content (AvgIpc) is 2.69. The quantitative estimate of drug-likeness (QED) is 0.810. The first-order valence-electron chi connectivity index (χ1n) is 6.03. The van der Waals surface area contributed by atoms with Crippen LogP contribution >= 0.6 is 0 Å². The molecule has 0 radical (unpaired) electrons. The van der Waals surface area contributed by atoms with Crippen LogP contribution in [0.4, 0.5) is 0 Å². The Labute approximate surface area is 105 Å². The molecule has 5 heteroatoms. The van der Waals surface area contributed by atoms with Gasteiger partial charge >= 0.3 is 0 Å². The summed E-state index contributed by atoms with van der Waals surface area (Å²) in [4.78, 5) is 4.35. The largest absolute Gasteiger partial charge is 0.395 e. The Morgan fingerprint density at radius 1 is 1.56 bits per heavy atom. The lowest BCUT2D eigenvalue weighted by atomic mass is 9.73. The number of nitrogens with two attached hydrogens (primary N) is 1. The molecule has 18 heavy (non-hydrogen) atoms. The highest BCUT2D eigenvalue weighted by molar-refractivity contribution is 5.76. The maximum absolute atomic E-state index is 9.31. The van der Waals surface area contributed by atoms with E-state index in [0.29, 0.717) is 13.2 Å². The minimum absolute atomic E-state index is 0.0381. The number of ether oxygens (including phenoxy) is 1. The van der Waals surface area contributed by atoms with Crippen molar-refractivity contribution in [2.75, 3.05) is 19.8 Å². The molecule has 1 aliphatic heterocycles. The second-order valence-electron chi connectivity index (χ2n) is 5.00. The second kappa shape index (κ2) is 4.05. The van der Waals surface area contributed by atoms with Crippen LogP contribution in [0.25, 0.3) is 11.0 Å². The van der Waals surface area contributed by atoms with E-state index >= 15 is 0 Å². The number of rotatable bonds is 3. The van der Waals surface area contributed by atoms with Crippen LogP contribution in [-0.4, -0.2) is 40.5 Å². The molecular weight excluding hydrogens is 230 g/mol. The molecular formula is C13H17N3O2. The normalized spacial score (nSPS) is 19.7. The Morgan fingerprint density at radius 2 is 2.33 bits per heavy atom. The maximum Gasteiger partial charge on any atom is 0.0955 e. The first-order valence-corrected chi connectivity index (χ1v) is 6.03. The summed E-state index contributed by atoms with van der Waals surface area (Å²) in [7, 11) is 1.97. The fraction of sp³-hybridized carbons (Fsp3) is 0.462. The van der Waals surface area contributed by atoms with E-state index in [1.54, 1.807) is 6.33 Å². The summed E-state index contributed by atoms with van der Waals surface area (Å²) in [5.74, 6) is 0. The van der Waals surface area contributed by atoms with Gasteiger partial charge in [-0.2, -0.15) is 0 Å². The fourth-order valence-electron chi connectivity index (χ4n) is 2.54. The number of aliphatic hydroxyl groups is 1. The van der Waals surface area contributed by atoms with E-state index in [2.05, 4.69) is 11.1 Å². The van der Waals surface area contributed by atoms with Gasteiger partial charge in [-0.1, -0.05) is 6.07 Å². The van der Waals surface area contributed by atoms with Gasteiger partial charge in [-0.15, -0.1) is 0 Å². The number of imidazole rings is 1. The molecule has 0 bridgehead atoms. The van der Waals surface area contributed by atoms with Crippen LogP contribution in [0.3, 0.4) is 0 Å². The van der Waals surface area contributed by atoms with Crippen LogP contribution < -0.4 is 5.73 Å². The van der Waals surface area contributed by atoms with Gasteiger partial charge in [0.2, 0.25) is 0 Å². The molecule has 0 amide bonds. The number of aliphatic hydroxyl groups excluding tert-OH is 1. The molecule has 1 unspecified atom stereocenters. The Kier molecular flexibility index (Phi) is 2.62. The molecule has 1 atom stereocenters. The van der Waals surface area contributed by atoms with Gasteiger partial charge in [0.25, 0.3) is 0 Å². The maximum atomic E-state index is 9.31. The van der Waals surface area contributed by atoms with E-state index in [0.717, 1.165) is 16.6 Å². The summed E-state index contributed by atoms with van der Waals surface area (Å²) < 4.78 is 7.30. The summed E-state index contributed by atoms with van der Waals surface area (Å²) in [6.45, 7) is 1.09. The molecule has 96 valence electrons. The van der Waals surface area contributed by atoms with Gasteiger partial charge in [0.15, 0.2) is 0 Å². The average molecular weight is 247 g/mol. The summed E-state index contributed by atoms with van der Waals surface area (Å²) in [6.07, 6.45) is 1.80. The van der Waals surface area contributed by atoms with Crippen molar-refractivity contribution < 1.29 is 9.84 Å². The highest BCUT2D eigenvalue weighted by Gasteiger charge is 2.45. The van der Waals surface area contributed by atoms with Crippen LogP contribution in [0, 0.1) is 0 Å². The van der Waals surface area contributed by atoms with Crippen LogP contribution in [0.5, 0.6) is 0 Å². The molecule has 1 saturated heterocycles. The molecule has 1 fully saturated rings. The lowest BCUT2D eigenvalue weighted by Gasteiger charge is -2.45. The van der Waals surface area contributed by atoms with Gasteiger partial charge in [0, 0.05) is 13.1 Å². The topological polar surface area (TPSA) is 73.3 Å². The zero-order valence-corrected chi connectivity index (χ0v) is 10.3. The van der Waals surface area contributed by atoms with Gasteiger partial charge < -0.3 is 20.1 Å². The first kappa shape index (κ1) is 11.6. The third-order valence-electron chi connectivity index (χ3n) is 3.93. The fourth-order valence-corrected chi connectivity index (χ4v) is 2.54. The molecule has 2 heterocycles. The van der Waals surface area contributed by atoms with E-state index in [1.807, 2.05) is 23.7 Å². The van der Waals surface area contributed by atoms with Gasteiger partial charge in [-0.25, -0.2) is 4.98 Å². The van der Waals surface area contributed by atoms with E-state index in [9.17, 15) is 5.11 Å². The molecule has 1 aromatic carbocycles. The van der Waals surface area contributed by atoms with Crippen LogP contribution in [0.1, 0.15) is 5.56 Å². The Bertz CT molecular complexity index is 575. The van der Waals surface area contributed by atoms with Gasteiger partial charge in [-0.3, -0.25) is 0 Å². The van der Waals surface area contributed by atoms with E-state index in [-0.39, 0.29) is 18.1 Å². The predicted molar refractivity (Wildman–Crippen MR) is 68.3 cm³/mol. The lowest BCUT2D eigenvalue weighted by molar-refractivity contribution is -0.0797. The molecule has 3 N–H and O–H groups in total.